The zero-order valence-corrected chi connectivity index (χ0v) is 9.79. The first-order valence-electron chi connectivity index (χ1n) is 4.65. The SMILES string of the molecule is CCN(CCBr)c1nccn1CC. The van der Waals surface area contributed by atoms with E-state index < -0.39 is 0 Å². The van der Waals surface area contributed by atoms with Gasteiger partial charge in [0, 0.05) is 37.4 Å². The van der Waals surface area contributed by atoms with Gasteiger partial charge in [0.15, 0.2) is 0 Å². The van der Waals surface area contributed by atoms with Crippen LogP contribution in [-0.4, -0.2) is 28.0 Å². The number of rotatable bonds is 5. The average Bonchev–Trinajstić information content (AvgIpc) is 2.61. The third kappa shape index (κ3) is 2.46. The molecule has 0 aliphatic carbocycles. The van der Waals surface area contributed by atoms with E-state index in [-0.39, 0.29) is 0 Å². The number of aryl methyl sites for hydroxylation is 1. The molecule has 0 bridgehead atoms. The molecular weight excluding hydrogens is 230 g/mol. The van der Waals surface area contributed by atoms with E-state index in [9.17, 15) is 0 Å². The quantitative estimate of drug-likeness (QED) is 0.742. The van der Waals surface area contributed by atoms with Crippen molar-refractivity contribution in [1.29, 1.82) is 0 Å². The molecule has 0 saturated carbocycles. The summed E-state index contributed by atoms with van der Waals surface area (Å²) >= 11 is 3.44. The van der Waals surface area contributed by atoms with Crippen LogP contribution >= 0.6 is 15.9 Å². The van der Waals surface area contributed by atoms with Gasteiger partial charge < -0.3 is 9.47 Å². The maximum atomic E-state index is 4.34. The Bertz CT molecular complexity index is 247. The summed E-state index contributed by atoms with van der Waals surface area (Å²) in [6, 6.07) is 0. The fourth-order valence-corrected chi connectivity index (χ4v) is 1.76. The van der Waals surface area contributed by atoms with Crippen LogP contribution in [0.5, 0.6) is 0 Å². The predicted octanol–water partition coefficient (Wildman–Crippen LogP) is 2.12. The molecule has 1 heterocycles. The number of anilines is 1. The zero-order valence-electron chi connectivity index (χ0n) is 8.20. The van der Waals surface area contributed by atoms with Crippen LogP contribution in [0.25, 0.3) is 0 Å². The van der Waals surface area contributed by atoms with Crippen molar-refractivity contribution in [2.24, 2.45) is 0 Å². The third-order valence-electron chi connectivity index (χ3n) is 2.05. The molecule has 0 amide bonds. The highest BCUT2D eigenvalue weighted by molar-refractivity contribution is 9.09. The predicted molar refractivity (Wildman–Crippen MR) is 59.6 cm³/mol. The van der Waals surface area contributed by atoms with Crippen LogP contribution in [0.2, 0.25) is 0 Å². The van der Waals surface area contributed by atoms with E-state index in [4.69, 9.17) is 0 Å². The van der Waals surface area contributed by atoms with Gasteiger partial charge in [-0.2, -0.15) is 0 Å². The van der Waals surface area contributed by atoms with E-state index >= 15 is 0 Å². The average molecular weight is 246 g/mol. The summed E-state index contributed by atoms with van der Waals surface area (Å²) in [4.78, 5) is 6.61. The Morgan fingerprint density at radius 3 is 2.85 bits per heavy atom. The topological polar surface area (TPSA) is 21.1 Å². The molecule has 1 aromatic rings. The normalized spacial score (nSPS) is 10.4. The molecule has 3 nitrogen and oxygen atoms in total. The lowest BCUT2D eigenvalue weighted by Crippen LogP contribution is -2.27. The van der Waals surface area contributed by atoms with Crippen molar-refractivity contribution in [3.05, 3.63) is 12.4 Å². The molecule has 0 saturated heterocycles. The lowest BCUT2D eigenvalue weighted by molar-refractivity contribution is 0.714. The van der Waals surface area contributed by atoms with E-state index in [1.165, 1.54) is 0 Å². The Balaban J connectivity index is 2.77. The molecule has 0 fully saturated rings. The number of imidazole rings is 1. The van der Waals surface area contributed by atoms with Gasteiger partial charge in [0.05, 0.1) is 0 Å². The van der Waals surface area contributed by atoms with Crippen molar-refractivity contribution >= 4 is 21.9 Å². The van der Waals surface area contributed by atoms with Gasteiger partial charge in [-0.25, -0.2) is 4.98 Å². The van der Waals surface area contributed by atoms with Gasteiger partial charge in [-0.3, -0.25) is 0 Å². The van der Waals surface area contributed by atoms with Crippen molar-refractivity contribution in [2.45, 2.75) is 20.4 Å². The number of halogens is 1. The first kappa shape index (κ1) is 10.6. The number of alkyl halides is 1. The van der Waals surface area contributed by atoms with Crippen LogP contribution in [0.4, 0.5) is 5.95 Å². The zero-order chi connectivity index (χ0) is 9.68. The van der Waals surface area contributed by atoms with Gasteiger partial charge in [0.1, 0.15) is 0 Å². The number of hydrogen-bond donors (Lipinski definition) is 0. The van der Waals surface area contributed by atoms with Gasteiger partial charge in [-0.05, 0) is 13.8 Å². The van der Waals surface area contributed by atoms with Gasteiger partial charge in [0.2, 0.25) is 5.95 Å². The molecule has 0 spiro atoms. The summed E-state index contributed by atoms with van der Waals surface area (Å²) in [6.45, 7) is 7.27. The van der Waals surface area contributed by atoms with E-state index in [1.807, 2.05) is 12.4 Å². The molecule has 0 radical (unpaired) electrons. The van der Waals surface area contributed by atoms with Crippen LogP contribution in [0, 0.1) is 0 Å². The largest absolute Gasteiger partial charge is 0.342 e. The van der Waals surface area contributed by atoms with E-state index in [0.717, 1.165) is 30.9 Å². The Hall–Kier alpha value is -0.510. The highest BCUT2D eigenvalue weighted by atomic mass is 79.9. The minimum atomic E-state index is 0.980. The number of nitrogens with zero attached hydrogens (tertiary/aromatic N) is 3. The lowest BCUT2D eigenvalue weighted by Gasteiger charge is -2.21. The van der Waals surface area contributed by atoms with Crippen LogP contribution in [-0.2, 0) is 6.54 Å². The molecule has 0 aliphatic rings. The standard InChI is InChI=1S/C9H16BrN3/c1-3-12(7-5-10)9-11-6-8-13(9)4-2/h6,8H,3-5,7H2,1-2H3. The van der Waals surface area contributed by atoms with Crippen molar-refractivity contribution in [3.63, 3.8) is 0 Å². The third-order valence-corrected chi connectivity index (χ3v) is 2.41. The fourth-order valence-electron chi connectivity index (χ4n) is 1.33. The highest BCUT2D eigenvalue weighted by Crippen LogP contribution is 2.10. The molecular formula is C9H16BrN3. The molecule has 74 valence electrons. The first-order chi connectivity index (χ1) is 6.33. The summed E-state index contributed by atoms with van der Waals surface area (Å²) in [6.07, 6.45) is 3.88. The van der Waals surface area contributed by atoms with E-state index in [0.29, 0.717) is 0 Å². The van der Waals surface area contributed by atoms with Gasteiger partial charge >= 0.3 is 0 Å². The Labute approximate surface area is 87.9 Å². The summed E-state index contributed by atoms with van der Waals surface area (Å²) in [7, 11) is 0. The second-order valence-electron chi connectivity index (χ2n) is 2.78. The Morgan fingerprint density at radius 1 is 1.54 bits per heavy atom. The molecule has 0 aromatic carbocycles. The van der Waals surface area contributed by atoms with Crippen LogP contribution < -0.4 is 4.90 Å². The molecule has 0 unspecified atom stereocenters. The van der Waals surface area contributed by atoms with Gasteiger partial charge in [-0.15, -0.1) is 0 Å². The van der Waals surface area contributed by atoms with Crippen molar-refractivity contribution in [3.8, 4) is 0 Å². The van der Waals surface area contributed by atoms with Gasteiger partial charge in [-0.1, -0.05) is 15.9 Å². The molecule has 0 aliphatic heterocycles. The van der Waals surface area contributed by atoms with E-state index in [1.54, 1.807) is 0 Å². The minimum absolute atomic E-state index is 0.980. The highest BCUT2D eigenvalue weighted by Gasteiger charge is 2.08. The molecule has 1 aromatic heterocycles. The maximum absolute atomic E-state index is 4.34. The van der Waals surface area contributed by atoms with Crippen LogP contribution in [0.15, 0.2) is 12.4 Å². The monoisotopic (exact) mass is 245 g/mol. The molecule has 13 heavy (non-hydrogen) atoms. The van der Waals surface area contributed by atoms with Gasteiger partial charge in [0.25, 0.3) is 0 Å². The maximum Gasteiger partial charge on any atom is 0.205 e. The smallest absolute Gasteiger partial charge is 0.205 e. The number of aromatic nitrogens is 2. The summed E-state index contributed by atoms with van der Waals surface area (Å²) < 4.78 is 2.16. The fraction of sp³-hybridized carbons (Fsp3) is 0.667. The summed E-state index contributed by atoms with van der Waals surface area (Å²) in [5.41, 5.74) is 0. The number of hydrogen-bond acceptors (Lipinski definition) is 2. The minimum Gasteiger partial charge on any atom is -0.342 e. The Morgan fingerprint density at radius 2 is 2.31 bits per heavy atom. The lowest BCUT2D eigenvalue weighted by atomic mass is 10.5. The van der Waals surface area contributed by atoms with Crippen molar-refractivity contribution in [2.75, 3.05) is 23.3 Å². The molecule has 0 atom stereocenters. The molecule has 4 heteroatoms. The molecule has 1 rings (SSSR count). The summed E-state index contributed by atoms with van der Waals surface area (Å²) in [5.74, 6) is 1.07. The van der Waals surface area contributed by atoms with Crippen LogP contribution in [0.3, 0.4) is 0 Å². The first-order valence-corrected chi connectivity index (χ1v) is 5.77. The van der Waals surface area contributed by atoms with Crippen molar-refractivity contribution in [1.82, 2.24) is 9.55 Å². The second kappa shape index (κ2) is 5.27. The van der Waals surface area contributed by atoms with Crippen LogP contribution in [0.1, 0.15) is 13.8 Å². The summed E-state index contributed by atoms with van der Waals surface area (Å²) in [5, 5.41) is 0.984. The van der Waals surface area contributed by atoms with E-state index in [2.05, 4.69) is 44.2 Å². The Kier molecular flexibility index (Phi) is 4.28. The van der Waals surface area contributed by atoms with Crippen molar-refractivity contribution < 1.29 is 0 Å². The molecule has 0 N–H and O–H groups in total. The second-order valence-corrected chi connectivity index (χ2v) is 3.57.